The summed E-state index contributed by atoms with van der Waals surface area (Å²) in [6.45, 7) is 6.57. The summed E-state index contributed by atoms with van der Waals surface area (Å²) >= 11 is 0. The number of carbonyl (C=O) groups excluding carboxylic acids is 3. The van der Waals surface area contributed by atoms with Gasteiger partial charge >= 0.3 is 17.9 Å². The lowest BCUT2D eigenvalue weighted by atomic mass is 10.0. The number of allylic oxidation sites excluding steroid dienone is 4. The van der Waals surface area contributed by atoms with Gasteiger partial charge in [-0.05, 0) is 51.4 Å². The predicted molar refractivity (Wildman–Crippen MR) is 247 cm³/mol. The van der Waals surface area contributed by atoms with Gasteiger partial charge < -0.3 is 14.2 Å². The molecule has 0 aromatic heterocycles. The number of rotatable bonds is 46. The zero-order valence-electron chi connectivity index (χ0n) is 38.8. The summed E-state index contributed by atoms with van der Waals surface area (Å²) < 4.78 is 16.6. The van der Waals surface area contributed by atoms with Crippen LogP contribution in [-0.2, 0) is 28.6 Å². The van der Waals surface area contributed by atoms with E-state index in [2.05, 4.69) is 45.1 Å². The predicted octanol–water partition coefficient (Wildman–Crippen LogP) is 16.4. The maximum absolute atomic E-state index is 12.6. The number of unbranched alkanes of at least 4 members (excludes halogenated alkanes) is 31. The van der Waals surface area contributed by atoms with Crippen molar-refractivity contribution in [2.45, 2.75) is 277 Å². The van der Waals surface area contributed by atoms with E-state index in [-0.39, 0.29) is 31.1 Å². The third-order valence-corrected chi connectivity index (χ3v) is 11.2. The van der Waals surface area contributed by atoms with Gasteiger partial charge in [0, 0.05) is 19.3 Å². The number of ether oxygens (including phenoxy) is 3. The van der Waals surface area contributed by atoms with E-state index >= 15 is 0 Å². The lowest BCUT2D eigenvalue weighted by Crippen LogP contribution is -2.30. The topological polar surface area (TPSA) is 78.9 Å². The summed E-state index contributed by atoms with van der Waals surface area (Å²) in [7, 11) is 0. The smallest absolute Gasteiger partial charge is 0.306 e. The Kier molecular flexibility index (Phi) is 45.8. The molecule has 0 aliphatic heterocycles. The van der Waals surface area contributed by atoms with Gasteiger partial charge in [0.25, 0.3) is 0 Å². The van der Waals surface area contributed by atoms with Crippen molar-refractivity contribution in [3.63, 3.8) is 0 Å². The quantitative estimate of drug-likeness (QED) is 0.0263. The summed E-state index contributed by atoms with van der Waals surface area (Å²) in [5, 5.41) is 0. The van der Waals surface area contributed by atoms with E-state index < -0.39 is 6.10 Å². The highest BCUT2D eigenvalue weighted by molar-refractivity contribution is 5.71. The molecule has 0 heterocycles. The molecule has 0 saturated heterocycles. The Morgan fingerprint density at radius 1 is 0.345 bits per heavy atom. The molecule has 58 heavy (non-hydrogen) atoms. The summed E-state index contributed by atoms with van der Waals surface area (Å²) in [5.41, 5.74) is 0. The van der Waals surface area contributed by atoms with Crippen LogP contribution in [0.3, 0.4) is 0 Å². The van der Waals surface area contributed by atoms with E-state index in [0.717, 1.165) is 64.2 Å². The van der Waals surface area contributed by atoms with Gasteiger partial charge in [-0.2, -0.15) is 0 Å². The minimum Gasteiger partial charge on any atom is -0.462 e. The second-order valence-corrected chi connectivity index (χ2v) is 17.1. The number of esters is 3. The van der Waals surface area contributed by atoms with Crippen LogP contribution in [0.2, 0.25) is 0 Å². The molecule has 1 atom stereocenters. The van der Waals surface area contributed by atoms with Gasteiger partial charge in [0.15, 0.2) is 6.10 Å². The highest BCUT2D eigenvalue weighted by Gasteiger charge is 2.19. The van der Waals surface area contributed by atoms with Gasteiger partial charge in [-0.1, -0.05) is 225 Å². The van der Waals surface area contributed by atoms with E-state index in [1.807, 2.05) is 0 Å². The zero-order chi connectivity index (χ0) is 42.3. The standard InChI is InChI=1S/C52H96O6/c1-4-7-10-13-16-18-19-20-21-22-23-24-25-26-27-28-29-30-31-32-33-34-37-39-42-45-51(54)57-48-49(47-56-50(53)44-41-38-35-15-12-9-6-3)58-52(55)46-43-40-36-17-14-11-8-5-2/h19-20,22-23,49H,4-18,21,24-48H2,1-3H3/b20-19-,23-22-. The highest BCUT2D eigenvalue weighted by Crippen LogP contribution is 2.15. The Morgan fingerprint density at radius 3 is 0.948 bits per heavy atom. The maximum Gasteiger partial charge on any atom is 0.306 e. The first-order valence-electron chi connectivity index (χ1n) is 25.3. The molecule has 340 valence electrons. The van der Waals surface area contributed by atoms with Crippen LogP contribution in [-0.4, -0.2) is 37.2 Å². The molecule has 0 fully saturated rings. The van der Waals surface area contributed by atoms with Gasteiger partial charge in [0.2, 0.25) is 0 Å². The van der Waals surface area contributed by atoms with E-state index in [0.29, 0.717) is 19.3 Å². The van der Waals surface area contributed by atoms with Crippen molar-refractivity contribution in [1.29, 1.82) is 0 Å². The molecule has 0 amide bonds. The van der Waals surface area contributed by atoms with Gasteiger partial charge in [-0.15, -0.1) is 0 Å². The van der Waals surface area contributed by atoms with Crippen LogP contribution in [0.25, 0.3) is 0 Å². The molecule has 1 unspecified atom stereocenters. The lowest BCUT2D eigenvalue weighted by Gasteiger charge is -2.18. The van der Waals surface area contributed by atoms with Gasteiger partial charge in [-0.25, -0.2) is 0 Å². The molecule has 6 heteroatoms. The van der Waals surface area contributed by atoms with Crippen molar-refractivity contribution >= 4 is 17.9 Å². The van der Waals surface area contributed by atoms with E-state index in [1.165, 1.54) is 167 Å². The lowest BCUT2D eigenvalue weighted by molar-refractivity contribution is -0.167. The zero-order valence-corrected chi connectivity index (χ0v) is 38.8. The molecular weight excluding hydrogens is 721 g/mol. The fraction of sp³-hybridized carbons (Fsp3) is 0.865. The Balaban J connectivity index is 4.01. The molecule has 0 spiro atoms. The average molecular weight is 817 g/mol. The molecule has 0 aromatic carbocycles. The van der Waals surface area contributed by atoms with Crippen LogP contribution in [0.5, 0.6) is 0 Å². The largest absolute Gasteiger partial charge is 0.462 e. The molecule has 0 aliphatic rings. The van der Waals surface area contributed by atoms with Crippen LogP contribution >= 0.6 is 0 Å². The molecule has 0 aromatic rings. The van der Waals surface area contributed by atoms with E-state index in [1.54, 1.807) is 0 Å². The van der Waals surface area contributed by atoms with Crippen molar-refractivity contribution in [2.24, 2.45) is 0 Å². The van der Waals surface area contributed by atoms with E-state index in [9.17, 15) is 14.4 Å². The first kappa shape index (κ1) is 55.9. The van der Waals surface area contributed by atoms with Crippen molar-refractivity contribution in [2.75, 3.05) is 13.2 Å². The SMILES string of the molecule is CCCCCCC/C=C\C/C=C\CCCCCCCCCCCCCCCC(=O)OCC(COC(=O)CCCCCCCCC)OC(=O)CCCCCCCCCC. The first-order chi connectivity index (χ1) is 28.5. The summed E-state index contributed by atoms with van der Waals surface area (Å²) in [6, 6.07) is 0. The summed E-state index contributed by atoms with van der Waals surface area (Å²) in [5.74, 6) is -0.871. The Hall–Kier alpha value is -2.11. The molecule has 0 bridgehead atoms. The Morgan fingerprint density at radius 2 is 0.621 bits per heavy atom. The second-order valence-electron chi connectivity index (χ2n) is 17.1. The van der Waals surface area contributed by atoms with E-state index in [4.69, 9.17) is 14.2 Å². The highest BCUT2D eigenvalue weighted by atomic mass is 16.6. The molecule has 0 saturated carbocycles. The van der Waals surface area contributed by atoms with Gasteiger partial charge in [0.1, 0.15) is 13.2 Å². The monoisotopic (exact) mass is 817 g/mol. The Bertz CT molecular complexity index is 942. The minimum absolute atomic E-state index is 0.0680. The third-order valence-electron chi connectivity index (χ3n) is 11.2. The summed E-state index contributed by atoms with van der Waals surface area (Å²) in [6.07, 6.45) is 53.4. The van der Waals surface area contributed by atoms with Crippen LogP contribution < -0.4 is 0 Å². The van der Waals surface area contributed by atoms with Gasteiger partial charge in [-0.3, -0.25) is 14.4 Å². The number of hydrogen-bond donors (Lipinski definition) is 0. The Labute approximate surface area is 360 Å². The molecule has 0 N–H and O–H groups in total. The van der Waals surface area contributed by atoms with Crippen molar-refractivity contribution in [3.8, 4) is 0 Å². The molecule has 0 rings (SSSR count). The number of hydrogen-bond acceptors (Lipinski definition) is 6. The van der Waals surface area contributed by atoms with Gasteiger partial charge in [0.05, 0.1) is 0 Å². The third kappa shape index (κ3) is 45.0. The normalized spacial score (nSPS) is 12.1. The average Bonchev–Trinajstić information content (AvgIpc) is 3.22. The van der Waals surface area contributed by atoms with Crippen LogP contribution in [0, 0.1) is 0 Å². The van der Waals surface area contributed by atoms with Crippen molar-refractivity contribution < 1.29 is 28.6 Å². The maximum atomic E-state index is 12.6. The summed E-state index contributed by atoms with van der Waals surface area (Å²) in [4.78, 5) is 37.6. The molecular formula is C52H96O6. The van der Waals surface area contributed by atoms with Crippen LogP contribution in [0.4, 0.5) is 0 Å². The van der Waals surface area contributed by atoms with Crippen LogP contribution in [0.1, 0.15) is 271 Å². The van der Waals surface area contributed by atoms with Crippen LogP contribution in [0.15, 0.2) is 24.3 Å². The minimum atomic E-state index is -0.761. The fourth-order valence-corrected chi connectivity index (χ4v) is 7.36. The molecule has 6 nitrogen and oxygen atoms in total. The molecule has 0 aliphatic carbocycles. The van der Waals surface area contributed by atoms with Crippen molar-refractivity contribution in [1.82, 2.24) is 0 Å². The molecule has 0 radical (unpaired) electrons. The second kappa shape index (κ2) is 47.6. The fourth-order valence-electron chi connectivity index (χ4n) is 7.36. The first-order valence-corrected chi connectivity index (χ1v) is 25.3. The number of carbonyl (C=O) groups is 3. The van der Waals surface area contributed by atoms with Crippen molar-refractivity contribution in [3.05, 3.63) is 24.3 Å².